The number of nitrogens with zero attached hydrogens (tertiary/aromatic N) is 4. The van der Waals surface area contributed by atoms with Crippen molar-refractivity contribution in [3.63, 3.8) is 0 Å². The molecule has 9 heteroatoms. The molecular weight excluding hydrogens is 374 g/mol. The van der Waals surface area contributed by atoms with E-state index in [0.29, 0.717) is 55.8 Å². The number of anilines is 1. The molecule has 0 bridgehead atoms. The fraction of sp³-hybridized carbons (Fsp3) is 0.500. The number of hydrogen-bond donors (Lipinski definition) is 1. The van der Waals surface area contributed by atoms with Gasteiger partial charge in [-0.15, -0.1) is 0 Å². The number of ether oxygens (including phenoxy) is 1. The lowest BCUT2D eigenvalue weighted by Gasteiger charge is -2.35. The predicted octanol–water partition coefficient (Wildman–Crippen LogP) is 1.25. The number of furan rings is 1. The third kappa shape index (κ3) is 4.56. The van der Waals surface area contributed by atoms with Crippen molar-refractivity contribution in [2.75, 3.05) is 44.2 Å². The molecule has 2 aromatic heterocycles. The monoisotopic (exact) mass is 399 g/mol. The summed E-state index contributed by atoms with van der Waals surface area (Å²) in [6.45, 7) is 5.39. The molecule has 2 amide bonds. The molecule has 0 aromatic carbocycles. The molecule has 0 aliphatic carbocycles. The molecule has 29 heavy (non-hydrogen) atoms. The number of nitrogens with one attached hydrogen (secondary N) is 1. The Morgan fingerprint density at radius 2 is 2.07 bits per heavy atom. The SMILES string of the molecule is Cc1nc(C(=O)NCC2CCCO2)cc(N2CCN(C(=O)c3ccco3)CC2)n1. The maximum Gasteiger partial charge on any atom is 0.289 e. The van der Waals surface area contributed by atoms with Crippen LogP contribution in [0.3, 0.4) is 0 Å². The van der Waals surface area contributed by atoms with Gasteiger partial charge in [-0.25, -0.2) is 9.97 Å². The van der Waals surface area contributed by atoms with E-state index in [0.717, 1.165) is 19.4 Å². The first-order valence-corrected chi connectivity index (χ1v) is 9.93. The van der Waals surface area contributed by atoms with E-state index in [4.69, 9.17) is 9.15 Å². The van der Waals surface area contributed by atoms with E-state index in [1.807, 2.05) is 0 Å². The summed E-state index contributed by atoms with van der Waals surface area (Å²) in [6.07, 6.45) is 3.58. The van der Waals surface area contributed by atoms with Crippen molar-refractivity contribution in [2.45, 2.75) is 25.9 Å². The molecule has 154 valence electrons. The second kappa shape index (κ2) is 8.60. The lowest BCUT2D eigenvalue weighted by molar-refractivity contribution is 0.0714. The lowest BCUT2D eigenvalue weighted by Crippen LogP contribution is -2.49. The minimum absolute atomic E-state index is 0.0844. The maximum absolute atomic E-state index is 12.5. The predicted molar refractivity (Wildman–Crippen MR) is 105 cm³/mol. The first-order chi connectivity index (χ1) is 14.1. The van der Waals surface area contributed by atoms with Gasteiger partial charge in [0.05, 0.1) is 12.4 Å². The van der Waals surface area contributed by atoms with Crippen molar-refractivity contribution in [3.8, 4) is 0 Å². The van der Waals surface area contributed by atoms with Gasteiger partial charge >= 0.3 is 0 Å². The van der Waals surface area contributed by atoms with Crippen molar-refractivity contribution in [1.82, 2.24) is 20.2 Å². The third-order valence-electron chi connectivity index (χ3n) is 5.19. The average Bonchev–Trinajstić information content (AvgIpc) is 3.45. The number of rotatable bonds is 5. The van der Waals surface area contributed by atoms with Crippen LogP contribution in [0.15, 0.2) is 28.9 Å². The van der Waals surface area contributed by atoms with E-state index < -0.39 is 0 Å². The Labute approximate surface area is 169 Å². The quantitative estimate of drug-likeness (QED) is 0.807. The highest BCUT2D eigenvalue weighted by Gasteiger charge is 2.25. The van der Waals surface area contributed by atoms with Crippen LogP contribution in [0, 0.1) is 6.92 Å². The Balaban J connectivity index is 1.37. The van der Waals surface area contributed by atoms with Gasteiger partial charge in [0, 0.05) is 45.4 Å². The Bertz CT molecular complexity index is 856. The summed E-state index contributed by atoms with van der Waals surface area (Å²) in [7, 11) is 0. The summed E-state index contributed by atoms with van der Waals surface area (Å²) in [5.74, 6) is 1.26. The van der Waals surface area contributed by atoms with Crippen LogP contribution in [0.4, 0.5) is 5.82 Å². The zero-order chi connectivity index (χ0) is 20.2. The van der Waals surface area contributed by atoms with Gasteiger partial charge in [0.15, 0.2) is 5.76 Å². The summed E-state index contributed by atoms with van der Waals surface area (Å²) >= 11 is 0. The summed E-state index contributed by atoms with van der Waals surface area (Å²) in [5, 5.41) is 2.90. The van der Waals surface area contributed by atoms with Crippen LogP contribution in [0.1, 0.15) is 39.7 Å². The summed E-state index contributed by atoms with van der Waals surface area (Å²) in [4.78, 5) is 37.5. The number of aromatic nitrogens is 2. The van der Waals surface area contributed by atoms with Gasteiger partial charge in [0.2, 0.25) is 0 Å². The Morgan fingerprint density at radius 1 is 1.24 bits per heavy atom. The van der Waals surface area contributed by atoms with Gasteiger partial charge in [-0.2, -0.15) is 0 Å². The first-order valence-electron chi connectivity index (χ1n) is 9.93. The average molecular weight is 399 g/mol. The molecule has 9 nitrogen and oxygen atoms in total. The number of aryl methyl sites for hydroxylation is 1. The van der Waals surface area contributed by atoms with E-state index in [1.54, 1.807) is 30.0 Å². The third-order valence-corrected chi connectivity index (χ3v) is 5.19. The van der Waals surface area contributed by atoms with E-state index in [-0.39, 0.29) is 17.9 Å². The van der Waals surface area contributed by atoms with Crippen molar-refractivity contribution in [3.05, 3.63) is 41.7 Å². The van der Waals surface area contributed by atoms with Crippen LogP contribution in [0.2, 0.25) is 0 Å². The van der Waals surface area contributed by atoms with E-state index in [9.17, 15) is 9.59 Å². The van der Waals surface area contributed by atoms with Crippen LogP contribution < -0.4 is 10.2 Å². The number of amides is 2. The van der Waals surface area contributed by atoms with E-state index in [1.165, 1.54) is 6.26 Å². The molecule has 4 heterocycles. The molecule has 2 fully saturated rings. The molecule has 0 spiro atoms. The number of carbonyl (C=O) groups is 2. The second-order valence-electron chi connectivity index (χ2n) is 7.26. The maximum atomic E-state index is 12.5. The molecule has 2 aliphatic heterocycles. The second-order valence-corrected chi connectivity index (χ2v) is 7.26. The van der Waals surface area contributed by atoms with E-state index >= 15 is 0 Å². The largest absolute Gasteiger partial charge is 0.459 e. The number of hydrogen-bond acceptors (Lipinski definition) is 7. The number of carbonyl (C=O) groups excluding carboxylic acids is 2. The summed E-state index contributed by atoms with van der Waals surface area (Å²) in [5.41, 5.74) is 0.347. The van der Waals surface area contributed by atoms with Gasteiger partial charge in [-0.1, -0.05) is 0 Å². The lowest BCUT2D eigenvalue weighted by atomic mass is 10.2. The first kappa shape index (κ1) is 19.4. The Hall–Kier alpha value is -2.94. The molecule has 4 rings (SSSR count). The van der Waals surface area contributed by atoms with Crippen LogP contribution in [-0.2, 0) is 4.74 Å². The molecule has 1 atom stereocenters. The minimum Gasteiger partial charge on any atom is -0.459 e. The number of piperazine rings is 1. The molecule has 0 radical (unpaired) electrons. The van der Waals surface area contributed by atoms with Crippen LogP contribution in [0.25, 0.3) is 0 Å². The fourth-order valence-corrected chi connectivity index (χ4v) is 3.63. The highest BCUT2D eigenvalue weighted by atomic mass is 16.5. The van der Waals surface area contributed by atoms with Crippen molar-refractivity contribution >= 4 is 17.6 Å². The molecule has 1 unspecified atom stereocenters. The molecule has 2 aliphatic rings. The van der Waals surface area contributed by atoms with Crippen molar-refractivity contribution in [2.24, 2.45) is 0 Å². The van der Waals surface area contributed by atoms with Crippen molar-refractivity contribution < 1.29 is 18.7 Å². The fourth-order valence-electron chi connectivity index (χ4n) is 3.63. The normalized spacial score (nSPS) is 19.4. The van der Waals surface area contributed by atoms with Crippen LogP contribution in [-0.4, -0.2) is 72.1 Å². The summed E-state index contributed by atoms with van der Waals surface area (Å²) < 4.78 is 10.7. The van der Waals surface area contributed by atoms with E-state index in [2.05, 4.69) is 20.2 Å². The molecule has 0 saturated carbocycles. The highest BCUT2D eigenvalue weighted by Crippen LogP contribution is 2.17. The molecule has 2 aromatic rings. The Morgan fingerprint density at radius 3 is 2.76 bits per heavy atom. The smallest absolute Gasteiger partial charge is 0.289 e. The highest BCUT2D eigenvalue weighted by molar-refractivity contribution is 5.93. The molecular formula is C20H25N5O4. The molecule has 1 N–H and O–H groups in total. The van der Waals surface area contributed by atoms with Crippen LogP contribution >= 0.6 is 0 Å². The van der Waals surface area contributed by atoms with Gasteiger partial charge in [-0.05, 0) is 31.9 Å². The van der Waals surface area contributed by atoms with Gasteiger partial charge in [0.25, 0.3) is 11.8 Å². The summed E-state index contributed by atoms with van der Waals surface area (Å²) in [6, 6.07) is 5.09. The van der Waals surface area contributed by atoms with Gasteiger partial charge in [-0.3, -0.25) is 9.59 Å². The Kier molecular flexibility index (Phi) is 5.75. The van der Waals surface area contributed by atoms with Crippen LogP contribution in [0.5, 0.6) is 0 Å². The zero-order valence-electron chi connectivity index (χ0n) is 16.5. The minimum atomic E-state index is -0.223. The zero-order valence-corrected chi connectivity index (χ0v) is 16.5. The van der Waals surface area contributed by atoms with Gasteiger partial charge in [0.1, 0.15) is 17.3 Å². The van der Waals surface area contributed by atoms with Gasteiger partial charge < -0.3 is 24.3 Å². The topological polar surface area (TPSA) is 101 Å². The standard InChI is InChI=1S/C20H25N5O4/c1-14-22-16(19(26)21-13-15-4-2-10-28-15)12-18(23-14)24-6-8-25(9-7-24)20(27)17-5-3-11-29-17/h3,5,11-12,15H,2,4,6-10,13H2,1H3,(H,21,26). The van der Waals surface area contributed by atoms with Crippen molar-refractivity contribution in [1.29, 1.82) is 0 Å². The molecule has 2 saturated heterocycles.